The Kier molecular flexibility index (Phi) is 6.44. The zero-order valence-corrected chi connectivity index (χ0v) is 17.9. The van der Waals surface area contributed by atoms with E-state index in [0.29, 0.717) is 25.8 Å². The van der Waals surface area contributed by atoms with Crippen molar-refractivity contribution in [2.24, 2.45) is 10.7 Å². The number of hydrogen-bond donors (Lipinski definition) is 2. The Morgan fingerprint density at radius 1 is 1.42 bits per heavy atom. The van der Waals surface area contributed by atoms with Crippen molar-refractivity contribution in [3.8, 4) is 0 Å². The van der Waals surface area contributed by atoms with Crippen LogP contribution in [0.5, 0.6) is 0 Å². The molecule has 0 bridgehead atoms. The molecule has 1 aromatic rings. The highest BCUT2D eigenvalue weighted by Gasteiger charge is 2.56. The molecule has 1 fully saturated rings. The topological polar surface area (TPSA) is 143 Å². The van der Waals surface area contributed by atoms with Crippen molar-refractivity contribution >= 4 is 17.8 Å². The number of hydrazine groups is 1. The summed E-state index contributed by atoms with van der Waals surface area (Å²) in [5, 5.41) is 9.59. The zero-order chi connectivity index (χ0) is 22.8. The van der Waals surface area contributed by atoms with Crippen LogP contribution in [0.15, 0.2) is 29.3 Å². The van der Waals surface area contributed by atoms with Crippen LogP contribution in [0.3, 0.4) is 0 Å². The minimum atomic E-state index is -0.796. The van der Waals surface area contributed by atoms with Gasteiger partial charge in [-0.2, -0.15) is 0 Å². The number of fused-ring (bicyclic) bond motifs is 2. The summed E-state index contributed by atoms with van der Waals surface area (Å²) in [6, 6.07) is 6.92. The first-order valence-electron chi connectivity index (χ1n) is 10.1. The van der Waals surface area contributed by atoms with Gasteiger partial charge in [0, 0.05) is 13.1 Å². The molecule has 3 N–H and O–H groups in total. The SMILES string of the molecule is COC(=O)[C@H](CCCN=C(N)N[N+](=O)[O-])N1C(=O)[C@@H]2Cc3ccccc3CN2C1(C)C. The molecule has 168 valence electrons. The van der Waals surface area contributed by atoms with Crippen LogP contribution < -0.4 is 11.2 Å². The highest BCUT2D eigenvalue weighted by Crippen LogP contribution is 2.40. The standard InChI is InChI=1S/C20H28N6O5/c1-20(2)24-12-14-8-5-4-7-13(14)11-16(24)17(27)25(20)15(18(28)31-3)9-6-10-22-19(21)23-26(29)30/h4-5,7-8,15-16H,6,9-12H2,1-3H3,(H3,21,22,23)/t15-,16-/m0/s1. The van der Waals surface area contributed by atoms with E-state index in [1.54, 1.807) is 10.3 Å². The average Bonchev–Trinajstić information content (AvgIpc) is 2.91. The van der Waals surface area contributed by atoms with E-state index >= 15 is 0 Å². The van der Waals surface area contributed by atoms with E-state index in [2.05, 4.69) is 16.0 Å². The lowest BCUT2D eigenvalue weighted by molar-refractivity contribution is -0.525. The van der Waals surface area contributed by atoms with E-state index < -0.39 is 22.7 Å². The number of amides is 1. The summed E-state index contributed by atoms with van der Waals surface area (Å²) in [6.45, 7) is 4.66. The Balaban J connectivity index is 1.78. The molecular weight excluding hydrogens is 404 g/mol. The fraction of sp³-hybridized carbons (Fsp3) is 0.550. The van der Waals surface area contributed by atoms with Gasteiger partial charge in [-0.05, 0) is 44.2 Å². The van der Waals surface area contributed by atoms with Gasteiger partial charge >= 0.3 is 5.97 Å². The minimum absolute atomic E-state index is 0.104. The molecule has 11 heteroatoms. The Morgan fingerprint density at radius 2 is 2.10 bits per heavy atom. The van der Waals surface area contributed by atoms with Crippen LogP contribution in [-0.2, 0) is 27.3 Å². The van der Waals surface area contributed by atoms with Crippen molar-refractivity contribution in [3.63, 3.8) is 0 Å². The molecule has 2 aliphatic heterocycles. The van der Waals surface area contributed by atoms with E-state index in [-0.39, 0.29) is 24.5 Å². The van der Waals surface area contributed by atoms with Gasteiger partial charge in [-0.3, -0.25) is 9.69 Å². The summed E-state index contributed by atoms with van der Waals surface area (Å²) in [7, 11) is 1.29. The maximum absolute atomic E-state index is 13.4. The van der Waals surface area contributed by atoms with Crippen LogP contribution in [0.25, 0.3) is 0 Å². The molecule has 0 aliphatic carbocycles. The summed E-state index contributed by atoms with van der Waals surface area (Å²) in [5.41, 5.74) is 8.82. The molecule has 3 rings (SSSR count). The first-order valence-corrected chi connectivity index (χ1v) is 10.1. The van der Waals surface area contributed by atoms with E-state index in [0.717, 1.165) is 5.56 Å². The predicted octanol–water partition coefficient (Wildman–Crippen LogP) is 0.409. The fourth-order valence-electron chi connectivity index (χ4n) is 4.52. The second-order valence-corrected chi connectivity index (χ2v) is 8.14. The predicted molar refractivity (Wildman–Crippen MR) is 112 cm³/mol. The molecule has 0 aromatic heterocycles. The molecule has 2 heterocycles. The van der Waals surface area contributed by atoms with Gasteiger partial charge in [-0.1, -0.05) is 29.7 Å². The second kappa shape index (κ2) is 8.88. The normalized spacial score (nSPS) is 21.3. The summed E-state index contributed by atoms with van der Waals surface area (Å²) < 4.78 is 5.00. The Morgan fingerprint density at radius 3 is 2.74 bits per heavy atom. The van der Waals surface area contributed by atoms with Gasteiger partial charge in [0.15, 0.2) is 5.03 Å². The number of nitrogens with two attached hydrogens (primary N) is 1. The number of aliphatic imine (C=N–C) groups is 1. The van der Waals surface area contributed by atoms with Gasteiger partial charge < -0.3 is 15.4 Å². The lowest BCUT2D eigenvalue weighted by Crippen LogP contribution is -2.56. The lowest BCUT2D eigenvalue weighted by atomic mass is 9.94. The number of nitrogens with one attached hydrogen (secondary N) is 1. The van der Waals surface area contributed by atoms with Crippen LogP contribution in [0.4, 0.5) is 0 Å². The molecule has 11 nitrogen and oxygen atoms in total. The van der Waals surface area contributed by atoms with Crippen LogP contribution in [-0.4, -0.2) is 64.1 Å². The van der Waals surface area contributed by atoms with E-state index in [1.807, 2.05) is 32.0 Å². The number of ether oxygens (including phenoxy) is 1. The minimum Gasteiger partial charge on any atom is -0.467 e. The number of esters is 1. The molecule has 1 amide bonds. The lowest BCUT2D eigenvalue weighted by Gasteiger charge is -2.42. The molecule has 1 saturated heterocycles. The van der Waals surface area contributed by atoms with Crippen molar-refractivity contribution in [2.75, 3.05) is 13.7 Å². The number of rotatable bonds is 7. The van der Waals surface area contributed by atoms with Gasteiger partial charge in [-0.15, -0.1) is 0 Å². The molecule has 0 spiro atoms. The highest BCUT2D eigenvalue weighted by molar-refractivity contribution is 5.90. The number of carbonyl (C=O) groups excluding carboxylic acids is 2. The molecular formula is C20H28N6O5. The molecule has 0 saturated carbocycles. The summed E-state index contributed by atoms with van der Waals surface area (Å²) >= 11 is 0. The number of benzene rings is 1. The van der Waals surface area contributed by atoms with Gasteiger partial charge in [0.2, 0.25) is 5.91 Å². The fourth-order valence-corrected chi connectivity index (χ4v) is 4.52. The summed E-state index contributed by atoms with van der Waals surface area (Å²) in [4.78, 5) is 44.1. The van der Waals surface area contributed by atoms with E-state index in [1.165, 1.54) is 12.7 Å². The zero-order valence-electron chi connectivity index (χ0n) is 17.9. The van der Waals surface area contributed by atoms with Crippen molar-refractivity contribution < 1.29 is 19.4 Å². The second-order valence-electron chi connectivity index (χ2n) is 8.14. The van der Waals surface area contributed by atoms with Crippen LogP contribution >= 0.6 is 0 Å². The van der Waals surface area contributed by atoms with Gasteiger partial charge in [0.05, 0.1) is 18.8 Å². The Hall–Kier alpha value is -3.21. The maximum Gasteiger partial charge on any atom is 0.328 e. The van der Waals surface area contributed by atoms with Crippen LogP contribution in [0.1, 0.15) is 37.8 Å². The number of methoxy groups -OCH3 is 1. The van der Waals surface area contributed by atoms with Gasteiger partial charge in [0.25, 0.3) is 5.96 Å². The third-order valence-corrected chi connectivity index (χ3v) is 5.97. The van der Waals surface area contributed by atoms with Crippen LogP contribution in [0.2, 0.25) is 0 Å². The average molecular weight is 432 g/mol. The Bertz CT molecular complexity index is 902. The third kappa shape index (κ3) is 4.46. The summed E-state index contributed by atoms with van der Waals surface area (Å²) in [6.07, 6.45) is 1.28. The summed E-state index contributed by atoms with van der Waals surface area (Å²) in [5.74, 6) is -0.917. The molecule has 31 heavy (non-hydrogen) atoms. The highest BCUT2D eigenvalue weighted by atomic mass is 16.7. The number of guanidine groups is 1. The largest absolute Gasteiger partial charge is 0.467 e. The monoisotopic (exact) mass is 432 g/mol. The molecule has 0 radical (unpaired) electrons. The van der Waals surface area contributed by atoms with Crippen molar-refractivity contribution in [1.82, 2.24) is 15.2 Å². The number of nitrogens with zero attached hydrogens (tertiary/aromatic N) is 4. The molecule has 2 aliphatic rings. The van der Waals surface area contributed by atoms with Crippen LogP contribution in [0, 0.1) is 10.1 Å². The van der Waals surface area contributed by atoms with Gasteiger partial charge in [-0.25, -0.2) is 19.9 Å². The van der Waals surface area contributed by atoms with Crippen molar-refractivity contribution in [3.05, 3.63) is 45.5 Å². The van der Waals surface area contributed by atoms with Gasteiger partial charge in [0.1, 0.15) is 6.04 Å². The molecule has 2 atom stereocenters. The van der Waals surface area contributed by atoms with E-state index in [4.69, 9.17) is 10.5 Å². The first kappa shape index (κ1) is 22.5. The van der Waals surface area contributed by atoms with Crippen molar-refractivity contribution in [1.29, 1.82) is 0 Å². The first-order chi connectivity index (χ1) is 14.7. The Labute approximate surface area is 180 Å². The number of carbonyl (C=O) groups is 2. The van der Waals surface area contributed by atoms with Crippen molar-refractivity contribution in [2.45, 2.75) is 57.4 Å². The molecule has 0 unspecified atom stereocenters. The van der Waals surface area contributed by atoms with E-state index in [9.17, 15) is 19.7 Å². The number of hydrogen-bond acceptors (Lipinski definition) is 7. The molecule has 1 aromatic carbocycles. The quantitative estimate of drug-likeness (QED) is 0.157. The maximum atomic E-state index is 13.4. The number of nitro groups is 1. The smallest absolute Gasteiger partial charge is 0.328 e. The third-order valence-electron chi connectivity index (χ3n) is 5.97.